The summed E-state index contributed by atoms with van der Waals surface area (Å²) in [6.45, 7) is 3.90. The molecule has 1 aromatic heterocycles. The van der Waals surface area contributed by atoms with Crippen molar-refractivity contribution >= 4 is 34.1 Å². The number of carbonyl (C=O) groups excluding carboxylic acids is 2. The molecule has 1 fully saturated rings. The predicted octanol–water partition coefficient (Wildman–Crippen LogP) is 3.90. The van der Waals surface area contributed by atoms with Gasteiger partial charge in [-0.15, -0.1) is 11.3 Å². The second-order valence-electron chi connectivity index (χ2n) is 8.67. The molecule has 29 heavy (non-hydrogen) atoms. The highest BCUT2D eigenvalue weighted by atomic mass is 32.1. The molecule has 0 radical (unpaired) electrons. The zero-order valence-electron chi connectivity index (χ0n) is 17.0. The lowest BCUT2D eigenvalue weighted by Crippen LogP contribution is -2.37. The molecule has 0 bridgehead atoms. The van der Waals surface area contributed by atoms with Crippen LogP contribution in [0.25, 0.3) is 0 Å². The lowest BCUT2D eigenvalue weighted by atomic mass is 9.76. The van der Waals surface area contributed by atoms with Gasteiger partial charge in [-0.05, 0) is 70.8 Å². The van der Waals surface area contributed by atoms with Gasteiger partial charge in [-0.3, -0.25) is 14.4 Å². The summed E-state index contributed by atoms with van der Waals surface area (Å²) in [5, 5.41) is 16.3. The molecule has 0 aromatic carbocycles. The van der Waals surface area contributed by atoms with Gasteiger partial charge >= 0.3 is 5.97 Å². The normalized spacial score (nSPS) is 24.1. The number of carboxylic acid groups (broad SMARTS) is 1. The maximum absolute atomic E-state index is 13.1. The summed E-state index contributed by atoms with van der Waals surface area (Å²) in [6.07, 6.45) is 6.79. The molecule has 1 saturated carbocycles. The molecule has 2 amide bonds. The fourth-order valence-electron chi connectivity index (χ4n) is 4.41. The van der Waals surface area contributed by atoms with Crippen LogP contribution in [0.2, 0.25) is 0 Å². The SMILES string of the molecule is CC1=C(C)C[C@@H](C(=O)Nc2sc3c(c2C(=O)NC2CC2)CCCC3)[C@@H](C(=O)O)C1. The average molecular weight is 417 g/mol. The van der Waals surface area contributed by atoms with Crippen LogP contribution < -0.4 is 10.6 Å². The Hall–Kier alpha value is -2.15. The summed E-state index contributed by atoms with van der Waals surface area (Å²) in [5.74, 6) is -2.67. The summed E-state index contributed by atoms with van der Waals surface area (Å²) in [6, 6.07) is 0.246. The summed E-state index contributed by atoms with van der Waals surface area (Å²) in [5.41, 5.74) is 3.81. The van der Waals surface area contributed by atoms with Crippen LogP contribution in [0.3, 0.4) is 0 Å². The number of hydrogen-bond donors (Lipinski definition) is 3. The monoisotopic (exact) mass is 416 g/mol. The van der Waals surface area contributed by atoms with Gasteiger partial charge in [-0.25, -0.2) is 0 Å². The number of carbonyl (C=O) groups is 3. The Morgan fingerprint density at radius 3 is 2.31 bits per heavy atom. The van der Waals surface area contributed by atoms with Crippen molar-refractivity contribution in [3.63, 3.8) is 0 Å². The van der Waals surface area contributed by atoms with E-state index in [2.05, 4.69) is 10.6 Å². The number of anilines is 1. The van der Waals surface area contributed by atoms with E-state index in [0.717, 1.165) is 55.2 Å². The second kappa shape index (κ2) is 7.94. The third-order valence-corrected chi connectivity index (χ3v) is 7.68. The average Bonchev–Trinajstić information content (AvgIpc) is 3.41. The molecule has 0 unspecified atom stereocenters. The molecule has 6 nitrogen and oxygen atoms in total. The number of carboxylic acids is 1. The minimum Gasteiger partial charge on any atom is -0.481 e. The first kappa shape index (κ1) is 20.1. The molecule has 1 heterocycles. The van der Waals surface area contributed by atoms with Gasteiger partial charge in [-0.2, -0.15) is 0 Å². The van der Waals surface area contributed by atoms with E-state index in [0.29, 0.717) is 23.4 Å². The lowest BCUT2D eigenvalue weighted by molar-refractivity contribution is -0.146. The molecule has 7 heteroatoms. The Morgan fingerprint density at radius 2 is 1.66 bits per heavy atom. The van der Waals surface area contributed by atoms with E-state index >= 15 is 0 Å². The molecule has 2 atom stereocenters. The zero-order valence-corrected chi connectivity index (χ0v) is 17.8. The van der Waals surface area contributed by atoms with Crippen molar-refractivity contribution in [2.75, 3.05) is 5.32 Å². The van der Waals surface area contributed by atoms with Gasteiger partial charge in [0.15, 0.2) is 0 Å². The van der Waals surface area contributed by atoms with Crippen molar-refractivity contribution in [1.82, 2.24) is 5.32 Å². The van der Waals surface area contributed by atoms with Crippen molar-refractivity contribution < 1.29 is 19.5 Å². The Bertz CT molecular complexity index is 897. The smallest absolute Gasteiger partial charge is 0.307 e. The van der Waals surface area contributed by atoms with Crippen molar-refractivity contribution in [1.29, 1.82) is 0 Å². The van der Waals surface area contributed by atoms with Crippen molar-refractivity contribution in [3.8, 4) is 0 Å². The van der Waals surface area contributed by atoms with E-state index < -0.39 is 17.8 Å². The van der Waals surface area contributed by atoms with Crippen LogP contribution in [-0.2, 0) is 22.4 Å². The minimum atomic E-state index is -0.936. The summed E-state index contributed by atoms with van der Waals surface area (Å²) < 4.78 is 0. The molecule has 3 N–H and O–H groups in total. The molecule has 3 aliphatic rings. The summed E-state index contributed by atoms with van der Waals surface area (Å²) >= 11 is 1.49. The van der Waals surface area contributed by atoms with Crippen LogP contribution in [0, 0.1) is 11.8 Å². The van der Waals surface area contributed by atoms with Crippen molar-refractivity contribution in [2.24, 2.45) is 11.8 Å². The first-order valence-electron chi connectivity index (χ1n) is 10.5. The van der Waals surface area contributed by atoms with Crippen molar-refractivity contribution in [2.45, 2.75) is 71.3 Å². The van der Waals surface area contributed by atoms with E-state index in [-0.39, 0.29) is 17.9 Å². The second-order valence-corrected chi connectivity index (χ2v) is 9.78. The molecule has 0 saturated heterocycles. The van der Waals surface area contributed by atoms with Crippen LogP contribution >= 0.6 is 11.3 Å². The molecule has 4 rings (SSSR count). The molecule has 1 aromatic rings. The maximum Gasteiger partial charge on any atom is 0.307 e. The van der Waals surface area contributed by atoms with Gasteiger partial charge in [0.2, 0.25) is 5.91 Å². The number of thiophene rings is 1. The maximum atomic E-state index is 13.1. The third-order valence-electron chi connectivity index (χ3n) is 6.47. The number of nitrogens with one attached hydrogen (secondary N) is 2. The van der Waals surface area contributed by atoms with Crippen LogP contribution in [0.4, 0.5) is 5.00 Å². The fraction of sp³-hybridized carbons (Fsp3) is 0.591. The Labute approximate surface area is 174 Å². The minimum absolute atomic E-state index is 0.104. The van der Waals surface area contributed by atoms with Gasteiger partial charge in [0, 0.05) is 10.9 Å². The number of allylic oxidation sites excluding steroid dienone is 2. The van der Waals surface area contributed by atoms with Crippen molar-refractivity contribution in [3.05, 3.63) is 27.2 Å². The van der Waals surface area contributed by atoms with Crippen LogP contribution in [0.15, 0.2) is 11.1 Å². The number of rotatable bonds is 5. The summed E-state index contributed by atoms with van der Waals surface area (Å²) in [7, 11) is 0. The molecular weight excluding hydrogens is 388 g/mol. The van der Waals surface area contributed by atoms with E-state index in [1.807, 2.05) is 13.8 Å². The van der Waals surface area contributed by atoms with Gasteiger partial charge in [0.05, 0.1) is 17.4 Å². The highest BCUT2D eigenvalue weighted by molar-refractivity contribution is 7.17. The Balaban J connectivity index is 1.61. The molecule has 0 spiro atoms. The van der Waals surface area contributed by atoms with E-state index in [9.17, 15) is 19.5 Å². The number of aliphatic carboxylic acids is 1. The fourth-order valence-corrected chi connectivity index (χ4v) is 5.70. The highest BCUT2D eigenvalue weighted by Crippen LogP contribution is 2.40. The Kier molecular flexibility index (Phi) is 5.51. The number of hydrogen-bond acceptors (Lipinski definition) is 4. The van der Waals surface area contributed by atoms with Gasteiger partial charge in [0.25, 0.3) is 5.91 Å². The van der Waals surface area contributed by atoms with Gasteiger partial charge < -0.3 is 15.7 Å². The first-order valence-corrected chi connectivity index (χ1v) is 11.3. The number of amides is 2. The van der Waals surface area contributed by atoms with Crippen LogP contribution in [0.5, 0.6) is 0 Å². The van der Waals surface area contributed by atoms with Gasteiger partial charge in [0.1, 0.15) is 5.00 Å². The third kappa shape index (κ3) is 4.10. The molecule has 0 aliphatic heterocycles. The molecule has 3 aliphatic carbocycles. The van der Waals surface area contributed by atoms with Crippen LogP contribution in [-0.4, -0.2) is 28.9 Å². The number of fused-ring (bicyclic) bond motifs is 1. The Morgan fingerprint density at radius 1 is 1.00 bits per heavy atom. The number of aryl methyl sites for hydroxylation is 1. The van der Waals surface area contributed by atoms with Gasteiger partial charge in [-0.1, -0.05) is 11.1 Å². The standard InChI is InChI=1S/C22H28N2O4S/c1-11-9-15(16(22(27)28)10-12(11)2)19(25)24-21-18(20(26)23-13-7-8-13)14-5-3-4-6-17(14)29-21/h13,15-16H,3-10H2,1-2H3,(H,23,26)(H,24,25)(H,27,28)/t15-,16+/m1/s1. The summed E-state index contributed by atoms with van der Waals surface area (Å²) in [4.78, 5) is 39.0. The van der Waals surface area contributed by atoms with Crippen LogP contribution in [0.1, 0.15) is 73.2 Å². The zero-order chi connectivity index (χ0) is 20.7. The van der Waals surface area contributed by atoms with E-state index in [1.165, 1.54) is 16.2 Å². The molecule has 156 valence electrons. The first-order chi connectivity index (χ1) is 13.8. The van der Waals surface area contributed by atoms with E-state index in [4.69, 9.17) is 0 Å². The largest absolute Gasteiger partial charge is 0.481 e. The predicted molar refractivity (Wildman–Crippen MR) is 112 cm³/mol. The molecular formula is C22H28N2O4S. The quantitative estimate of drug-likeness (QED) is 0.634. The topological polar surface area (TPSA) is 95.5 Å². The van der Waals surface area contributed by atoms with E-state index in [1.54, 1.807) is 0 Å². The lowest BCUT2D eigenvalue weighted by Gasteiger charge is -2.29. The highest BCUT2D eigenvalue weighted by Gasteiger charge is 2.38.